The molecule has 0 spiro atoms. The number of aliphatic hydroxyl groups excluding tert-OH is 1. The Morgan fingerprint density at radius 1 is 1.70 bits per heavy atom. The van der Waals surface area contributed by atoms with Crippen molar-refractivity contribution >= 4 is 5.97 Å². The highest BCUT2D eigenvalue weighted by atomic mass is 16.6. The fourth-order valence-corrected chi connectivity index (χ4v) is 0.545. The zero-order valence-corrected chi connectivity index (χ0v) is 6.16. The predicted molar refractivity (Wildman–Crippen MR) is 34.5 cm³/mol. The number of rotatable bonds is 4. The Morgan fingerprint density at radius 3 is 2.60 bits per heavy atom. The molecule has 4 nitrogen and oxygen atoms in total. The van der Waals surface area contributed by atoms with Gasteiger partial charge in [0.15, 0.2) is 0 Å². The van der Waals surface area contributed by atoms with Gasteiger partial charge in [-0.3, -0.25) is 4.79 Å². The van der Waals surface area contributed by atoms with Crippen LogP contribution in [0.3, 0.4) is 0 Å². The number of methoxy groups -OCH3 is 1. The maximum Gasteiger partial charge on any atom is 0.303 e. The van der Waals surface area contributed by atoms with Crippen molar-refractivity contribution in [3.8, 4) is 0 Å². The number of hydrogen-bond acceptors (Lipinski definition) is 4. The largest absolute Gasteiger partial charge is 0.458 e. The highest BCUT2D eigenvalue weighted by Gasteiger charge is 2.08. The molecular formula is C6H12O4. The molecule has 0 aliphatic carbocycles. The van der Waals surface area contributed by atoms with Crippen LogP contribution in [-0.4, -0.2) is 37.5 Å². The van der Waals surface area contributed by atoms with Crippen molar-refractivity contribution in [1.82, 2.24) is 0 Å². The van der Waals surface area contributed by atoms with Crippen molar-refractivity contribution in [1.29, 1.82) is 0 Å². The van der Waals surface area contributed by atoms with Gasteiger partial charge in [0.2, 0.25) is 0 Å². The Kier molecular flexibility index (Phi) is 4.88. The second-order valence-electron chi connectivity index (χ2n) is 1.87. The van der Waals surface area contributed by atoms with E-state index in [1.54, 1.807) is 0 Å². The molecule has 0 fully saturated rings. The highest BCUT2D eigenvalue weighted by Crippen LogP contribution is 1.91. The lowest BCUT2D eigenvalue weighted by atomic mass is 10.4. The van der Waals surface area contributed by atoms with Gasteiger partial charge in [-0.15, -0.1) is 0 Å². The molecule has 0 aromatic heterocycles. The van der Waals surface area contributed by atoms with Crippen LogP contribution in [-0.2, 0) is 14.3 Å². The number of carbonyl (C=O) groups is 1. The summed E-state index contributed by atoms with van der Waals surface area (Å²) in [6.07, 6.45) is -0.525. The average molecular weight is 148 g/mol. The van der Waals surface area contributed by atoms with Crippen molar-refractivity contribution in [2.24, 2.45) is 0 Å². The first kappa shape index (κ1) is 9.39. The lowest BCUT2D eigenvalue weighted by Crippen LogP contribution is -2.25. The Morgan fingerprint density at radius 2 is 2.30 bits per heavy atom. The normalized spacial score (nSPS) is 12.7. The number of aliphatic hydroxyl groups is 1. The number of ether oxygens (including phenoxy) is 2. The van der Waals surface area contributed by atoms with E-state index in [0.717, 1.165) is 0 Å². The average Bonchev–Trinajstić information content (AvgIpc) is 1.86. The van der Waals surface area contributed by atoms with Crippen LogP contribution in [0.2, 0.25) is 0 Å². The van der Waals surface area contributed by atoms with Gasteiger partial charge in [0.1, 0.15) is 6.10 Å². The van der Waals surface area contributed by atoms with Crippen LogP contribution < -0.4 is 0 Å². The molecule has 0 aliphatic rings. The van der Waals surface area contributed by atoms with Crippen molar-refractivity contribution < 1.29 is 19.4 Å². The second-order valence-corrected chi connectivity index (χ2v) is 1.87. The van der Waals surface area contributed by atoms with E-state index < -0.39 is 12.1 Å². The van der Waals surface area contributed by atoms with Crippen LogP contribution in [0.5, 0.6) is 0 Å². The molecule has 0 rings (SSSR count). The van der Waals surface area contributed by atoms with Gasteiger partial charge in [-0.05, 0) is 0 Å². The van der Waals surface area contributed by atoms with Crippen molar-refractivity contribution in [2.45, 2.75) is 13.0 Å². The molecule has 10 heavy (non-hydrogen) atoms. The first-order valence-electron chi connectivity index (χ1n) is 2.97. The third kappa shape index (κ3) is 4.29. The SMILES string of the molecule is COC[C@H](CO)OC(C)=O. The molecule has 0 saturated heterocycles. The summed E-state index contributed by atoms with van der Waals surface area (Å²) in [6, 6.07) is 0. The maximum atomic E-state index is 10.3. The molecule has 0 amide bonds. The van der Waals surface area contributed by atoms with Crippen LogP contribution >= 0.6 is 0 Å². The first-order valence-corrected chi connectivity index (χ1v) is 2.97. The van der Waals surface area contributed by atoms with Gasteiger partial charge in [-0.25, -0.2) is 0 Å². The summed E-state index contributed by atoms with van der Waals surface area (Å²) in [6.45, 7) is 1.32. The quantitative estimate of drug-likeness (QED) is 0.549. The van der Waals surface area contributed by atoms with Crippen LogP contribution in [0.25, 0.3) is 0 Å². The molecule has 0 bridgehead atoms. The van der Waals surface area contributed by atoms with E-state index in [1.807, 2.05) is 0 Å². The molecule has 1 atom stereocenters. The van der Waals surface area contributed by atoms with Crippen LogP contribution in [0.4, 0.5) is 0 Å². The van der Waals surface area contributed by atoms with E-state index in [2.05, 4.69) is 9.47 Å². The Hall–Kier alpha value is -0.610. The van der Waals surface area contributed by atoms with Gasteiger partial charge in [0.05, 0.1) is 13.2 Å². The summed E-state index contributed by atoms with van der Waals surface area (Å²) in [5, 5.41) is 8.55. The fourth-order valence-electron chi connectivity index (χ4n) is 0.545. The monoisotopic (exact) mass is 148 g/mol. The summed E-state index contributed by atoms with van der Waals surface area (Å²) in [5.74, 6) is -0.406. The molecule has 0 unspecified atom stereocenters. The zero-order valence-electron chi connectivity index (χ0n) is 6.16. The van der Waals surface area contributed by atoms with E-state index in [4.69, 9.17) is 5.11 Å². The second kappa shape index (κ2) is 5.20. The fraction of sp³-hybridized carbons (Fsp3) is 0.833. The van der Waals surface area contributed by atoms with Crippen LogP contribution in [0, 0.1) is 0 Å². The molecular weight excluding hydrogens is 136 g/mol. The van der Waals surface area contributed by atoms with E-state index in [1.165, 1.54) is 14.0 Å². The molecule has 0 aromatic rings. The van der Waals surface area contributed by atoms with E-state index in [0.29, 0.717) is 0 Å². The molecule has 60 valence electrons. The molecule has 1 N–H and O–H groups in total. The number of carbonyl (C=O) groups excluding carboxylic acids is 1. The third-order valence-electron chi connectivity index (χ3n) is 0.889. The molecule has 0 aromatic carbocycles. The minimum atomic E-state index is -0.525. The maximum absolute atomic E-state index is 10.3. The summed E-state index contributed by atoms with van der Waals surface area (Å²) in [5.41, 5.74) is 0. The lowest BCUT2D eigenvalue weighted by molar-refractivity contribution is -0.151. The van der Waals surface area contributed by atoms with Gasteiger partial charge >= 0.3 is 5.97 Å². The highest BCUT2D eigenvalue weighted by molar-refractivity contribution is 5.66. The summed E-state index contributed by atoms with van der Waals surface area (Å²) < 4.78 is 9.28. The lowest BCUT2D eigenvalue weighted by Gasteiger charge is -2.11. The van der Waals surface area contributed by atoms with Crippen LogP contribution in [0.15, 0.2) is 0 Å². The smallest absolute Gasteiger partial charge is 0.303 e. The zero-order chi connectivity index (χ0) is 7.98. The minimum Gasteiger partial charge on any atom is -0.458 e. The predicted octanol–water partition coefficient (Wildman–Crippen LogP) is -0.443. The number of hydrogen-bond donors (Lipinski definition) is 1. The molecule has 4 heteroatoms. The topological polar surface area (TPSA) is 55.8 Å². The molecule has 0 radical (unpaired) electrons. The molecule has 0 heterocycles. The first-order chi connectivity index (χ1) is 4.70. The number of esters is 1. The summed E-state index contributed by atoms with van der Waals surface area (Å²) in [4.78, 5) is 10.3. The third-order valence-corrected chi connectivity index (χ3v) is 0.889. The standard InChI is InChI=1S/C6H12O4/c1-5(8)10-6(3-7)4-9-2/h6-7H,3-4H2,1-2H3/t6-/m0/s1. The van der Waals surface area contributed by atoms with Gasteiger partial charge in [-0.2, -0.15) is 0 Å². The van der Waals surface area contributed by atoms with Gasteiger partial charge in [0.25, 0.3) is 0 Å². The van der Waals surface area contributed by atoms with Crippen molar-refractivity contribution in [2.75, 3.05) is 20.3 Å². The van der Waals surface area contributed by atoms with Crippen LogP contribution in [0.1, 0.15) is 6.92 Å². The minimum absolute atomic E-state index is 0.201. The van der Waals surface area contributed by atoms with Crippen molar-refractivity contribution in [3.05, 3.63) is 0 Å². The van der Waals surface area contributed by atoms with E-state index in [-0.39, 0.29) is 13.2 Å². The molecule has 0 aliphatic heterocycles. The van der Waals surface area contributed by atoms with Crippen molar-refractivity contribution in [3.63, 3.8) is 0 Å². The van der Waals surface area contributed by atoms with Gasteiger partial charge in [0, 0.05) is 14.0 Å². The van der Waals surface area contributed by atoms with E-state index >= 15 is 0 Å². The Labute approximate surface area is 59.7 Å². The van der Waals surface area contributed by atoms with Gasteiger partial charge in [-0.1, -0.05) is 0 Å². The Bertz CT molecular complexity index is 102. The van der Waals surface area contributed by atoms with Gasteiger partial charge < -0.3 is 14.6 Å². The summed E-state index contributed by atoms with van der Waals surface area (Å²) >= 11 is 0. The molecule has 0 saturated carbocycles. The Balaban J connectivity index is 3.49. The van der Waals surface area contributed by atoms with E-state index in [9.17, 15) is 4.79 Å². The summed E-state index contributed by atoms with van der Waals surface area (Å²) in [7, 11) is 1.48.